The van der Waals surface area contributed by atoms with Crippen LogP contribution in [-0.4, -0.2) is 6.61 Å². The van der Waals surface area contributed by atoms with E-state index in [1.807, 2.05) is 24.3 Å². The van der Waals surface area contributed by atoms with Crippen LogP contribution in [0.2, 0.25) is 0 Å². The molecule has 1 aliphatic heterocycles. The highest BCUT2D eigenvalue weighted by Crippen LogP contribution is 2.36. The smallest absolute Gasteiger partial charge is 0.117 e. The van der Waals surface area contributed by atoms with Crippen molar-refractivity contribution in [3.63, 3.8) is 0 Å². The third-order valence-electron chi connectivity index (χ3n) is 3.02. The number of hydrogen-bond donors (Lipinski definition) is 0. The lowest BCUT2D eigenvalue weighted by atomic mass is 10.0. The monoisotopic (exact) mass is 241 g/mol. The summed E-state index contributed by atoms with van der Waals surface area (Å²) in [6.07, 6.45) is 1.05. The van der Waals surface area contributed by atoms with Crippen molar-refractivity contribution in [1.82, 2.24) is 0 Å². The van der Waals surface area contributed by atoms with Crippen molar-refractivity contribution in [3.05, 3.63) is 57.3 Å². The molecule has 2 aromatic rings. The molecular formula is C14H11NOS. The largest absolute Gasteiger partial charge is 0.368 e. The van der Waals surface area contributed by atoms with E-state index in [9.17, 15) is 0 Å². The van der Waals surface area contributed by atoms with E-state index < -0.39 is 0 Å². The molecule has 3 rings (SSSR count). The highest BCUT2D eigenvalue weighted by molar-refractivity contribution is 7.10. The normalized spacial score (nSPS) is 18.4. The van der Waals surface area contributed by atoms with Crippen molar-refractivity contribution in [1.29, 1.82) is 5.26 Å². The molecule has 1 aromatic carbocycles. The minimum Gasteiger partial charge on any atom is -0.368 e. The Hall–Kier alpha value is -1.63. The number of ether oxygens (including phenoxy) is 1. The number of hydrogen-bond acceptors (Lipinski definition) is 3. The quantitative estimate of drug-likeness (QED) is 0.767. The minimum absolute atomic E-state index is 0.0477. The third kappa shape index (κ3) is 1.86. The average molecular weight is 241 g/mol. The van der Waals surface area contributed by atoms with Crippen LogP contribution >= 0.6 is 11.3 Å². The van der Waals surface area contributed by atoms with Gasteiger partial charge in [0.15, 0.2) is 0 Å². The number of benzene rings is 1. The van der Waals surface area contributed by atoms with Crippen LogP contribution in [0.1, 0.15) is 27.7 Å². The van der Waals surface area contributed by atoms with Gasteiger partial charge >= 0.3 is 0 Å². The molecule has 2 heterocycles. The van der Waals surface area contributed by atoms with Crippen LogP contribution in [0, 0.1) is 11.3 Å². The SMILES string of the molecule is N#Cc1ccc(C2OCCc3ccsc32)cc1. The van der Waals surface area contributed by atoms with Gasteiger partial charge in [-0.25, -0.2) is 0 Å². The Morgan fingerprint density at radius 1 is 1.24 bits per heavy atom. The van der Waals surface area contributed by atoms with E-state index in [2.05, 4.69) is 17.5 Å². The summed E-state index contributed by atoms with van der Waals surface area (Å²) in [4.78, 5) is 1.31. The standard InChI is InChI=1S/C14H11NOS/c15-9-10-1-3-11(4-2-10)13-14-12(5-7-16-13)6-8-17-14/h1-4,6,8,13H,5,7H2. The molecule has 0 spiro atoms. The Morgan fingerprint density at radius 2 is 2.06 bits per heavy atom. The van der Waals surface area contributed by atoms with Crippen LogP contribution < -0.4 is 0 Å². The van der Waals surface area contributed by atoms with Gasteiger partial charge in [0.1, 0.15) is 6.10 Å². The minimum atomic E-state index is 0.0477. The molecule has 1 aliphatic rings. The van der Waals surface area contributed by atoms with Crippen molar-refractivity contribution in [2.75, 3.05) is 6.61 Å². The Labute approximate surface area is 104 Å². The van der Waals surface area contributed by atoms with E-state index >= 15 is 0 Å². The highest BCUT2D eigenvalue weighted by Gasteiger charge is 2.23. The van der Waals surface area contributed by atoms with Gasteiger partial charge in [0.25, 0.3) is 0 Å². The molecule has 0 N–H and O–H groups in total. The summed E-state index contributed by atoms with van der Waals surface area (Å²) in [7, 11) is 0. The average Bonchev–Trinajstić information content (AvgIpc) is 2.87. The van der Waals surface area contributed by atoms with Gasteiger partial charge in [-0.2, -0.15) is 5.26 Å². The van der Waals surface area contributed by atoms with Crippen LogP contribution in [-0.2, 0) is 11.2 Å². The van der Waals surface area contributed by atoms with Gasteiger partial charge < -0.3 is 4.74 Å². The maximum absolute atomic E-state index is 8.78. The number of nitriles is 1. The first-order valence-electron chi connectivity index (χ1n) is 5.56. The highest BCUT2D eigenvalue weighted by atomic mass is 32.1. The summed E-state index contributed by atoms with van der Waals surface area (Å²) >= 11 is 1.75. The zero-order valence-corrected chi connectivity index (χ0v) is 10.0. The summed E-state index contributed by atoms with van der Waals surface area (Å²) in [6.45, 7) is 0.772. The van der Waals surface area contributed by atoms with Crippen LogP contribution in [0.25, 0.3) is 0 Å². The second-order valence-electron chi connectivity index (χ2n) is 4.04. The topological polar surface area (TPSA) is 33.0 Å². The van der Waals surface area contributed by atoms with Crippen molar-refractivity contribution in [2.24, 2.45) is 0 Å². The van der Waals surface area contributed by atoms with E-state index in [0.29, 0.717) is 5.56 Å². The van der Waals surface area contributed by atoms with E-state index in [-0.39, 0.29) is 6.10 Å². The Morgan fingerprint density at radius 3 is 2.82 bits per heavy atom. The maximum atomic E-state index is 8.78. The molecule has 0 amide bonds. The first kappa shape index (κ1) is 10.5. The van der Waals surface area contributed by atoms with Gasteiger partial charge in [0.2, 0.25) is 0 Å². The molecule has 0 bridgehead atoms. The first-order chi connectivity index (χ1) is 8.38. The fourth-order valence-corrected chi connectivity index (χ4v) is 3.15. The Balaban J connectivity index is 1.98. The van der Waals surface area contributed by atoms with Gasteiger partial charge in [-0.05, 0) is 41.1 Å². The van der Waals surface area contributed by atoms with Crippen LogP contribution in [0.4, 0.5) is 0 Å². The molecule has 1 aromatic heterocycles. The summed E-state index contributed by atoms with van der Waals surface area (Å²) in [5.41, 5.74) is 3.22. The van der Waals surface area contributed by atoms with E-state index in [1.165, 1.54) is 10.4 Å². The predicted molar refractivity (Wildman–Crippen MR) is 67.0 cm³/mol. The molecule has 0 radical (unpaired) electrons. The second-order valence-corrected chi connectivity index (χ2v) is 4.99. The molecule has 0 saturated heterocycles. The molecule has 17 heavy (non-hydrogen) atoms. The van der Waals surface area contributed by atoms with E-state index in [4.69, 9.17) is 10.00 Å². The molecule has 3 heteroatoms. The lowest BCUT2D eigenvalue weighted by Crippen LogP contribution is -2.14. The van der Waals surface area contributed by atoms with Crippen LogP contribution in [0.15, 0.2) is 35.7 Å². The Bertz CT molecular complexity index is 565. The molecule has 0 aliphatic carbocycles. The van der Waals surface area contributed by atoms with Gasteiger partial charge in [0, 0.05) is 4.88 Å². The Kier molecular flexibility index (Phi) is 2.68. The zero-order chi connectivity index (χ0) is 11.7. The van der Waals surface area contributed by atoms with Crippen molar-refractivity contribution in [3.8, 4) is 6.07 Å². The summed E-state index contributed by atoms with van der Waals surface area (Å²) in [6, 6.07) is 12.0. The third-order valence-corrected chi connectivity index (χ3v) is 4.02. The predicted octanol–water partition coefficient (Wildman–Crippen LogP) is 3.28. The zero-order valence-electron chi connectivity index (χ0n) is 9.22. The molecule has 0 fully saturated rings. The first-order valence-corrected chi connectivity index (χ1v) is 6.44. The van der Waals surface area contributed by atoms with Crippen molar-refractivity contribution in [2.45, 2.75) is 12.5 Å². The summed E-state index contributed by atoms with van der Waals surface area (Å²) in [5, 5.41) is 10.9. The fourth-order valence-electron chi connectivity index (χ4n) is 2.13. The van der Waals surface area contributed by atoms with Gasteiger partial charge in [-0.1, -0.05) is 12.1 Å². The number of rotatable bonds is 1. The van der Waals surface area contributed by atoms with E-state index in [1.54, 1.807) is 11.3 Å². The van der Waals surface area contributed by atoms with Gasteiger partial charge in [-0.15, -0.1) is 11.3 Å². The summed E-state index contributed by atoms with van der Waals surface area (Å²) < 4.78 is 5.85. The number of nitrogens with zero attached hydrogens (tertiary/aromatic N) is 1. The lowest BCUT2D eigenvalue weighted by molar-refractivity contribution is 0.0729. The maximum Gasteiger partial charge on any atom is 0.117 e. The molecule has 1 unspecified atom stereocenters. The summed E-state index contributed by atoms with van der Waals surface area (Å²) in [5.74, 6) is 0. The van der Waals surface area contributed by atoms with Crippen molar-refractivity contribution >= 4 is 11.3 Å². The van der Waals surface area contributed by atoms with Gasteiger partial charge in [0.05, 0.1) is 18.2 Å². The molecule has 2 nitrogen and oxygen atoms in total. The molecular weight excluding hydrogens is 230 g/mol. The van der Waals surface area contributed by atoms with Crippen LogP contribution in [0.5, 0.6) is 0 Å². The molecule has 1 atom stereocenters. The van der Waals surface area contributed by atoms with Crippen LogP contribution in [0.3, 0.4) is 0 Å². The van der Waals surface area contributed by atoms with Crippen molar-refractivity contribution < 1.29 is 4.74 Å². The molecule has 0 saturated carbocycles. The second kappa shape index (κ2) is 4.33. The van der Waals surface area contributed by atoms with Gasteiger partial charge in [-0.3, -0.25) is 0 Å². The number of thiophene rings is 1. The number of fused-ring (bicyclic) bond motifs is 1. The lowest BCUT2D eigenvalue weighted by Gasteiger charge is -2.23. The van der Waals surface area contributed by atoms with E-state index in [0.717, 1.165) is 18.6 Å². The molecule has 84 valence electrons. The fraction of sp³-hybridized carbons (Fsp3) is 0.214.